The van der Waals surface area contributed by atoms with E-state index in [1.165, 1.54) is 6.07 Å². The Balaban J connectivity index is 1.97. The van der Waals surface area contributed by atoms with Crippen molar-refractivity contribution in [2.45, 2.75) is 18.9 Å². The molecule has 0 amide bonds. The second-order valence-electron chi connectivity index (χ2n) is 3.73. The van der Waals surface area contributed by atoms with E-state index >= 15 is 0 Å². The Morgan fingerprint density at radius 2 is 1.94 bits per heavy atom. The fraction of sp³-hybridized carbons (Fsp3) is 0.231. The Morgan fingerprint density at radius 1 is 1.12 bits per heavy atom. The first-order valence-electron chi connectivity index (χ1n) is 5.19. The molecule has 1 unspecified atom stereocenters. The quantitative estimate of drug-likeness (QED) is 0.859. The number of aliphatic hydroxyl groups excluding tert-OH is 1. The van der Waals surface area contributed by atoms with Gasteiger partial charge < -0.3 is 9.52 Å². The summed E-state index contributed by atoms with van der Waals surface area (Å²) in [6.45, 7) is 0. The molecule has 16 heavy (non-hydrogen) atoms. The summed E-state index contributed by atoms with van der Waals surface area (Å²) in [6, 6.07) is 10.0. The van der Waals surface area contributed by atoms with Gasteiger partial charge in [-0.25, -0.2) is 4.39 Å². The van der Waals surface area contributed by atoms with Crippen LogP contribution < -0.4 is 0 Å². The van der Waals surface area contributed by atoms with Crippen molar-refractivity contribution in [2.75, 3.05) is 0 Å². The van der Waals surface area contributed by atoms with Crippen molar-refractivity contribution in [3.05, 3.63) is 59.8 Å². The van der Waals surface area contributed by atoms with Crippen LogP contribution in [0.25, 0.3) is 0 Å². The topological polar surface area (TPSA) is 33.4 Å². The van der Waals surface area contributed by atoms with Crippen molar-refractivity contribution in [1.29, 1.82) is 0 Å². The molecule has 2 nitrogen and oxygen atoms in total. The summed E-state index contributed by atoms with van der Waals surface area (Å²) in [5.41, 5.74) is 0.529. The van der Waals surface area contributed by atoms with Gasteiger partial charge in [0.2, 0.25) is 0 Å². The van der Waals surface area contributed by atoms with E-state index in [1.54, 1.807) is 36.6 Å². The maximum atomic E-state index is 13.3. The summed E-state index contributed by atoms with van der Waals surface area (Å²) in [7, 11) is 0. The minimum Gasteiger partial charge on any atom is -0.469 e. The predicted molar refractivity (Wildman–Crippen MR) is 58.5 cm³/mol. The fourth-order valence-corrected chi connectivity index (χ4v) is 1.65. The van der Waals surface area contributed by atoms with Crippen LogP contribution >= 0.6 is 0 Å². The minimum absolute atomic E-state index is 0.277. The molecule has 1 aromatic carbocycles. The highest BCUT2D eigenvalue weighted by atomic mass is 19.1. The fourth-order valence-electron chi connectivity index (χ4n) is 1.65. The van der Waals surface area contributed by atoms with Crippen LogP contribution in [0.15, 0.2) is 47.1 Å². The van der Waals surface area contributed by atoms with Gasteiger partial charge in [-0.05, 0) is 23.8 Å². The molecule has 2 aromatic rings. The molecule has 0 aliphatic rings. The molecule has 1 heterocycles. The van der Waals surface area contributed by atoms with Crippen LogP contribution in [0.4, 0.5) is 4.39 Å². The highest BCUT2D eigenvalue weighted by Crippen LogP contribution is 2.12. The second kappa shape index (κ2) is 4.94. The number of furan rings is 1. The summed E-state index contributed by atoms with van der Waals surface area (Å²) in [6.07, 6.45) is 1.64. The molecule has 0 bridgehead atoms. The van der Waals surface area contributed by atoms with Crippen LogP contribution in [0.5, 0.6) is 0 Å². The molecule has 84 valence electrons. The van der Waals surface area contributed by atoms with Gasteiger partial charge in [-0.3, -0.25) is 0 Å². The molecule has 0 saturated carbocycles. The summed E-state index contributed by atoms with van der Waals surface area (Å²) in [4.78, 5) is 0. The molecule has 0 fully saturated rings. The van der Waals surface area contributed by atoms with Gasteiger partial charge >= 0.3 is 0 Å². The Labute approximate surface area is 93.3 Å². The van der Waals surface area contributed by atoms with E-state index < -0.39 is 6.10 Å². The van der Waals surface area contributed by atoms with Crippen LogP contribution in [0.1, 0.15) is 11.3 Å². The Morgan fingerprint density at radius 3 is 2.62 bits per heavy atom. The zero-order valence-electron chi connectivity index (χ0n) is 8.77. The van der Waals surface area contributed by atoms with Gasteiger partial charge in [0.05, 0.1) is 12.4 Å². The van der Waals surface area contributed by atoms with Crippen LogP contribution in [0, 0.1) is 5.82 Å². The van der Waals surface area contributed by atoms with Gasteiger partial charge in [-0.1, -0.05) is 18.2 Å². The number of halogens is 1. The van der Waals surface area contributed by atoms with E-state index in [2.05, 4.69) is 0 Å². The van der Waals surface area contributed by atoms with Gasteiger partial charge in [0, 0.05) is 12.8 Å². The molecule has 0 radical (unpaired) electrons. The average Bonchev–Trinajstić information content (AvgIpc) is 2.74. The number of aliphatic hydroxyl groups is 1. The smallest absolute Gasteiger partial charge is 0.126 e. The van der Waals surface area contributed by atoms with Gasteiger partial charge in [0.15, 0.2) is 0 Å². The Hall–Kier alpha value is -1.61. The molecule has 0 saturated heterocycles. The first-order valence-corrected chi connectivity index (χ1v) is 5.19. The first-order chi connectivity index (χ1) is 7.75. The Bertz CT molecular complexity index is 437. The second-order valence-corrected chi connectivity index (χ2v) is 3.73. The van der Waals surface area contributed by atoms with Crippen molar-refractivity contribution in [3.63, 3.8) is 0 Å². The third-order valence-corrected chi connectivity index (χ3v) is 2.43. The lowest BCUT2D eigenvalue weighted by atomic mass is 10.0. The molecular weight excluding hydrogens is 207 g/mol. The molecule has 1 N–H and O–H groups in total. The summed E-state index contributed by atoms with van der Waals surface area (Å²) in [5.74, 6) is 0.435. The summed E-state index contributed by atoms with van der Waals surface area (Å²) in [5, 5.41) is 9.77. The minimum atomic E-state index is -0.622. The summed E-state index contributed by atoms with van der Waals surface area (Å²) >= 11 is 0. The molecule has 1 atom stereocenters. The normalized spacial score (nSPS) is 12.6. The number of rotatable bonds is 4. The van der Waals surface area contributed by atoms with Gasteiger partial charge in [-0.2, -0.15) is 0 Å². The van der Waals surface area contributed by atoms with Gasteiger partial charge in [0.25, 0.3) is 0 Å². The lowest BCUT2D eigenvalue weighted by molar-refractivity contribution is 0.166. The van der Waals surface area contributed by atoms with Crippen LogP contribution in [0.3, 0.4) is 0 Å². The highest BCUT2D eigenvalue weighted by molar-refractivity contribution is 5.18. The molecule has 1 aromatic heterocycles. The monoisotopic (exact) mass is 220 g/mol. The van der Waals surface area contributed by atoms with Crippen LogP contribution in [0.2, 0.25) is 0 Å². The van der Waals surface area contributed by atoms with Crippen LogP contribution in [-0.2, 0) is 12.8 Å². The van der Waals surface area contributed by atoms with E-state index in [1.807, 2.05) is 0 Å². The largest absolute Gasteiger partial charge is 0.469 e. The van der Waals surface area contributed by atoms with E-state index in [0.717, 1.165) is 0 Å². The van der Waals surface area contributed by atoms with Crippen LogP contribution in [-0.4, -0.2) is 11.2 Å². The van der Waals surface area contributed by atoms with E-state index in [9.17, 15) is 9.50 Å². The zero-order chi connectivity index (χ0) is 11.4. The molecule has 0 aliphatic carbocycles. The lowest BCUT2D eigenvalue weighted by Crippen LogP contribution is -2.14. The standard InChI is InChI=1S/C13H13FO2/c14-13-6-2-1-4-10(13)8-11(15)9-12-5-3-7-16-12/h1-7,11,15H,8-9H2. The maximum Gasteiger partial charge on any atom is 0.126 e. The number of hydrogen-bond acceptors (Lipinski definition) is 2. The van der Waals surface area contributed by atoms with Gasteiger partial charge in [0.1, 0.15) is 11.6 Å². The zero-order valence-corrected chi connectivity index (χ0v) is 8.77. The van der Waals surface area contributed by atoms with E-state index in [-0.39, 0.29) is 5.82 Å². The Kier molecular flexibility index (Phi) is 3.37. The van der Waals surface area contributed by atoms with E-state index in [4.69, 9.17) is 4.42 Å². The molecule has 0 aliphatic heterocycles. The molecule has 2 rings (SSSR count). The predicted octanol–water partition coefficient (Wildman–Crippen LogP) is 2.56. The highest BCUT2D eigenvalue weighted by Gasteiger charge is 2.11. The van der Waals surface area contributed by atoms with Gasteiger partial charge in [-0.15, -0.1) is 0 Å². The molecular formula is C13H13FO2. The third kappa shape index (κ3) is 2.70. The first kappa shape index (κ1) is 10.9. The maximum absolute atomic E-state index is 13.3. The molecule has 0 spiro atoms. The van der Waals surface area contributed by atoms with Crippen molar-refractivity contribution in [1.82, 2.24) is 0 Å². The number of benzene rings is 1. The van der Waals surface area contributed by atoms with E-state index in [0.29, 0.717) is 24.2 Å². The van der Waals surface area contributed by atoms with Crippen molar-refractivity contribution < 1.29 is 13.9 Å². The SMILES string of the molecule is OC(Cc1ccco1)Cc1ccccc1F. The number of hydrogen-bond donors (Lipinski definition) is 1. The van der Waals surface area contributed by atoms with Crippen molar-refractivity contribution in [2.24, 2.45) is 0 Å². The molecule has 3 heteroatoms. The third-order valence-electron chi connectivity index (χ3n) is 2.43. The summed E-state index contributed by atoms with van der Waals surface area (Å²) < 4.78 is 18.4. The van der Waals surface area contributed by atoms with Crippen molar-refractivity contribution >= 4 is 0 Å². The lowest BCUT2D eigenvalue weighted by Gasteiger charge is -2.09. The van der Waals surface area contributed by atoms with Crippen molar-refractivity contribution in [3.8, 4) is 0 Å². The average molecular weight is 220 g/mol.